The van der Waals surface area contributed by atoms with Gasteiger partial charge in [0, 0.05) is 18.9 Å². The van der Waals surface area contributed by atoms with E-state index in [1.54, 1.807) is 17.2 Å². The third kappa shape index (κ3) is 3.58. The van der Waals surface area contributed by atoms with Gasteiger partial charge in [0.1, 0.15) is 10.8 Å². The number of anilines is 1. The minimum atomic E-state index is -0.371. The minimum Gasteiger partial charge on any atom is -0.467 e. The molecule has 7 nitrogen and oxygen atoms in total. The van der Waals surface area contributed by atoms with Crippen molar-refractivity contribution in [1.82, 2.24) is 15.1 Å². The van der Waals surface area contributed by atoms with E-state index in [-0.39, 0.29) is 30.1 Å². The van der Waals surface area contributed by atoms with E-state index in [2.05, 4.69) is 15.5 Å². The number of furan rings is 1. The second kappa shape index (κ2) is 6.49. The first kappa shape index (κ1) is 15.7. The van der Waals surface area contributed by atoms with Gasteiger partial charge in [-0.05, 0) is 12.1 Å². The van der Waals surface area contributed by atoms with Crippen molar-refractivity contribution in [1.29, 1.82) is 0 Å². The molecule has 0 aromatic carbocycles. The maximum atomic E-state index is 12.3. The van der Waals surface area contributed by atoms with Crippen LogP contribution in [0, 0.1) is 5.92 Å². The topological polar surface area (TPSA) is 88.3 Å². The molecule has 0 aliphatic carbocycles. The Kier molecular flexibility index (Phi) is 4.42. The van der Waals surface area contributed by atoms with Crippen molar-refractivity contribution in [2.45, 2.75) is 32.7 Å². The average molecular weight is 334 g/mol. The molecule has 0 spiro atoms. The molecular formula is C15H18N4O3S. The summed E-state index contributed by atoms with van der Waals surface area (Å²) in [6.07, 6.45) is 1.78. The lowest BCUT2D eigenvalue weighted by Crippen LogP contribution is -2.27. The Balaban J connectivity index is 1.58. The first-order chi connectivity index (χ1) is 11.0. The number of nitrogens with zero attached hydrogens (tertiary/aromatic N) is 3. The summed E-state index contributed by atoms with van der Waals surface area (Å²) in [5, 5.41) is 12.1. The fraction of sp³-hybridized carbons (Fsp3) is 0.467. The van der Waals surface area contributed by atoms with Crippen molar-refractivity contribution >= 4 is 28.3 Å². The minimum absolute atomic E-state index is 0.0401. The van der Waals surface area contributed by atoms with Gasteiger partial charge in [-0.1, -0.05) is 25.2 Å². The van der Waals surface area contributed by atoms with Crippen LogP contribution in [0.25, 0.3) is 0 Å². The summed E-state index contributed by atoms with van der Waals surface area (Å²) >= 11 is 1.37. The fourth-order valence-corrected chi connectivity index (χ4v) is 3.17. The van der Waals surface area contributed by atoms with Crippen molar-refractivity contribution in [3.63, 3.8) is 0 Å². The summed E-state index contributed by atoms with van der Waals surface area (Å²) in [5.41, 5.74) is 0. The average Bonchev–Trinajstić information content (AvgIpc) is 3.21. The van der Waals surface area contributed by atoms with Crippen LogP contribution in [0.3, 0.4) is 0 Å². The van der Waals surface area contributed by atoms with Crippen molar-refractivity contribution in [2.24, 2.45) is 5.92 Å². The quantitative estimate of drug-likeness (QED) is 0.906. The zero-order valence-electron chi connectivity index (χ0n) is 13.0. The van der Waals surface area contributed by atoms with Crippen molar-refractivity contribution in [2.75, 3.05) is 11.9 Å². The molecule has 122 valence electrons. The van der Waals surface area contributed by atoms with Gasteiger partial charge in [0.2, 0.25) is 16.9 Å². The molecule has 2 amide bonds. The highest BCUT2D eigenvalue weighted by molar-refractivity contribution is 7.15. The van der Waals surface area contributed by atoms with E-state index in [1.165, 1.54) is 11.3 Å². The van der Waals surface area contributed by atoms with Gasteiger partial charge < -0.3 is 14.6 Å². The highest BCUT2D eigenvalue weighted by Gasteiger charge is 2.35. The van der Waals surface area contributed by atoms with Crippen LogP contribution in [0.1, 0.15) is 37.0 Å². The Morgan fingerprint density at radius 1 is 1.52 bits per heavy atom. The van der Waals surface area contributed by atoms with E-state index in [9.17, 15) is 9.59 Å². The van der Waals surface area contributed by atoms with E-state index in [0.29, 0.717) is 24.0 Å². The van der Waals surface area contributed by atoms with Crippen LogP contribution in [0.4, 0.5) is 5.13 Å². The molecule has 1 N–H and O–H groups in total. The molecule has 8 heteroatoms. The van der Waals surface area contributed by atoms with E-state index in [0.717, 1.165) is 5.01 Å². The van der Waals surface area contributed by atoms with Gasteiger partial charge in [-0.2, -0.15) is 0 Å². The zero-order valence-corrected chi connectivity index (χ0v) is 13.8. The molecule has 23 heavy (non-hydrogen) atoms. The molecule has 1 saturated heterocycles. The smallest absolute Gasteiger partial charge is 0.231 e. The number of hydrogen-bond acceptors (Lipinski definition) is 6. The van der Waals surface area contributed by atoms with E-state index in [4.69, 9.17) is 4.42 Å². The van der Waals surface area contributed by atoms with Gasteiger partial charge in [0.25, 0.3) is 0 Å². The molecule has 0 unspecified atom stereocenters. The third-order valence-corrected chi connectivity index (χ3v) is 4.82. The van der Waals surface area contributed by atoms with Gasteiger partial charge in [-0.25, -0.2) is 0 Å². The predicted octanol–water partition coefficient (Wildman–Crippen LogP) is 2.24. The molecule has 3 heterocycles. The van der Waals surface area contributed by atoms with Crippen LogP contribution in [0.5, 0.6) is 0 Å². The summed E-state index contributed by atoms with van der Waals surface area (Å²) < 4.78 is 5.25. The number of carbonyl (C=O) groups excluding carboxylic acids is 2. The molecule has 0 bridgehead atoms. The number of amides is 2. The van der Waals surface area contributed by atoms with Crippen molar-refractivity contribution in [3.8, 4) is 0 Å². The first-order valence-corrected chi connectivity index (χ1v) is 8.29. The Hall–Kier alpha value is -2.22. The highest BCUT2D eigenvalue weighted by Crippen LogP contribution is 2.25. The van der Waals surface area contributed by atoms with E-state index < -0.39 is 0 Å². The van der Waals surface area contributed by atoms with Gasteiger partial charge in [-0.15, -0.1) is 10.2 Å². The normalized spacial score (nSPS) is 18.0. The molecule has 0 saturated carbocycles. The van der Waals surface area contributed by atoms with Crippen LogP contribution < -0.4 is 5.32 Å². The largest absolute Gasteiger partial charge is 0.467 e. The molecule has 1 aliphatic heterocycles. The SMILES string of the molecule is CC(C)c1nnc(NC(=O)[C@H]2CC(=O)N(Cc3ccco3)C2)s1. The van der Waals surface area contributed by atoms with Crippen molar-refractivity contribution < 1.29 is 14.0 Å². The van der Waals surface area contributed by atoms with E-state index >= 15 is 0 Å². The predicted molar refractivity (Wildman–Crippen MR) is 84.9 cm³/mol. The monoisotopic (exact) mass is 334 g/mol. The number of rotatable bonds is 5. The Labute approximate surface area is 137 Å². The van der Waals surface area contributed by atoms with Gasteiger partial charge >= 0.3 is 0 Å². The third-order valence-electron chi connectivity index (χ3n) is 3.68. The van der Waals surface area contributed by atoms with Crippen molar-refractivity contribution in [3.05, 3.63) is 29.2 Å². The molecular weight excluding hydrogens is 316 g/mol. The van der Waals surface area contributed by atoms with Crippen LogP contribution in [0.2, 0.25) is 0 Å². The van der Waals surface area contributed by atoms with Gasteiger partial charge in [0.05, 0.1) is 18.7 Å². The summed E-state index contributed by atoms with van der Waals surface area (Å²) in [4.78, 5) is 26.0. The molecule has 0 radical (unpaired) electrons. The Morgan fingerprint density at radius 2 is 2.35 bits per heavy atom. The second-order valence-electron chi connectivity index (χ2n) is 5.84. The fourth-order valence-electron chi connectivity index (χ4n) is 2.42. The summed E-state index contributed by atoms with van der Waals surface area (Å²) in [5.74, 6) is 0.386. The summed E-state index contributed by atoms with van der Waals surface area (Å²) in [7, 11) is 0. The number of nitrogens with one attached hydrogen (secondary N) is 1. The van der Waals surface area contributed by atoms with Crippen LogP contribution in [0.15, 0.2) is 22.8 Å². The maximum Gasteiger partial charge on any atom is 0.231 e. The number of likely N-dealkylation sites (tertiary alicyclic amines) is 1. The zero-order chi connectivity index (χ0) is 16.4. The van der Waals surface area contributed by atoms with Crippen LogP contribution >= 0.6 is 11.3 Å². The van der Waals surface area contributed by atoms with Gasteiger partial charge in [-0.3, -0.25) is 9.59 Å². The highest BCUT2D eigenvalue weighted by atomic mass is 32.1. The lowest BCUT2D eigenvalue weighted by Gasteiger charge is -2.14. The standard InChI is InChI=1S/C15H18N4O3S/c1-9(2)14-17-18-15(23-14)16-13(21)10-6-12(20)19(7-10)8-11-4-3-5-22-11/h3-5,9-10H,6-8H2,1-2H3,(H,16,18,21)/t10-/m0/s1. The first-order valence-electron chi connectivity index (χ1n) is 7.47. The molecule has 2 aromatic rings. The van der Waals surface area contributed by atoms with Crippen LogP contribution in [-0.4, -0.2) is 33.5 Å². The molecule has 1 atom stereocenters. The molecule has 3 rings (SSSR count). The molecule has 1 fully saturated rings. The Bertz CT molecular complexity index is 695. The van der Waals surface area contributed by atoms with E-state index in [1.807, 2.05) is 19.9 Å². The lowest BCUT2D eigenvalue weighted by atomic mass is 10.1. The second-order valence-corrected chi connectivity index (χ2v) is 6.85. The number of hydrogen-bond donors (Lipinski definition) is 1. The molecule has 2 aromatic heterocycles. The number of carbonyl (C=O) groups is 2. The Morgan fingerprint density at radius 3 is 3.00 bits per heavy atom. The van der Waals surface area contributed by atoms with Crippen LogP contribution in [-0.2, 0) is 16.1 Å². The number of aromatic nitrogens is 2. The summed E-state index contributed by atoms with van der Waals surface area (Å²) in [6.45, 7) is 4.83. The lowest BCUT2D eigenvalue weighted by molar-refractivity contribution is -0.128. The van der Waals surface area contributed by atoms with Gasteiger partial charge in [0.15, 0.2) is 0 Å². The summed E-state index contributed by atoms with van der Waals surface area (Å²) in [6, 6.07) is 3.59. The maximum absolute atomic E-state index is 12.3. The molecule has 1 aliphatic rings.